The predicted octanol–water partition coefficient (Wildman–Crippen LogP) is 2.03. The van der Waals surface area contributed by atoms with Crippen molar-refractivity contribution in [1.29, 1.82) is 0 Å². The normalized spacial score (nSPS) is 10.9. The highest BCUT2D eigenvalue weighted by atomic mass is 16.5. The minimum absolute atomic E-state index is 0.221. The van der Waals surface area contributed by atoms with Crippen LogP contribution in [0.3, 0.4) is 0 Å². The van der Waals surface area contributed by atoms with Crippen LogP contribution in [0.15, 0.2) is 63.0 Å². The number of fused-ring (bicyclic) bond motifs is 1. The maximum atomic E-state index is 11.7. The summed E-state index contributed by atoms with van der Waals surface area (Å²) in [6.07, 6.45) is 3.07. The van der Waals surface area contributed by atoms with Gasteiger partial charge in [0.15, 0.2) is 6.61 Å². The molecule has 0 aliphatic heterocycles. The van der Waals surface area contributed by atoms with E-state index in [0.29, 0.717) is 17.0 Å². The number of benzene rings is 1. The van der Waals surface area contributed by atoms with Crippen LogP contribution in [0, 0.1) is 6.92 Å². The molecular weight excluding hydrogens is 322 g/mol. The number of hydrogen-bond acceptors (Lipinski definition) is 6. The van der Waals surface area contributed by atoms with Crippen LogP contribution in [0.5, 0.6) is 5.75 Å². The first-order chi connectivity index (χ1) is 12.1. The highest BCUT2D eigenvalue weighted by Crippen LogP contribution is 2.22. The van der Waals surface area contributed by atoms with Gasteiger partial charge in [0.25, 0.3) is 5.91 Å². The number of hydrogen-bond donors (Lipinski definition) is 1. The molecule has 0 bridgehead atoms. The van der Waals surface area contributed by atoms with E-state index in [-0.39, 0.29) is 6.61 Å². The van der Waals surface area contributed by atoms with Gasteiger partial charge in [0.1, 0.15) is 11.3 Å². The number of nitrogens with one attached hydrogen (secondary N) is 1. The SMILES string of the molecule is Cc1cc(=O)oc2cc(OCC(=O)N/N=C\c3ccccn3)ccc12. The van der Waals surface area contributed by atoms with Crippen LogP contribution in [-0.2, 0) is 4.79 Å². The highest BCUT2D eigenvalue weighted by molar-refractivity contribution is 5.82. The van der Waals surface area contributed by atoms with E-state index in [1.165, 1.54) is 12.3 Å². The lowest BCUT2D eigenvalue weighted by Gasteiger charge is -2.06. The van der Waals surface area contributed by atoms with Gasteiger partial charge >= 0.3 is 5.63 Å². The zero-order chi connectivity index (χ0) is 17.6. The van der Waals surface area contributed by atoms with Crippen LogP contribution < -0.4 is 15.8 Å². The number of carbonyl (C=O) groups is 1. The smallest absolute Gasteiger partial charge is 0.336 e. The van der Waals surface area contributed by atoms with Crippen molar-refractivity contribution in [2.24, 2.45) is 5.10 Å². The van der Waals surface area contributed by atoms with Gasteiger partial charge in [-0.1, -0.05) is 6.07 Å². The van der Waals surface area contributed by atoms with Crippen LogP contribution in [0.25, 0.3) is 11.0 Å². The fourth-order valence-corrected chi connectivity index (χ4v) is 2.20. The number of ether oxygens (including phenoxy) is 1. The fourth-order valence-electron chi connectivity index (χ4n) is 2.20. The van der Waals surface area contributed by atoms with E-state index in [1.807, 2.05) is 13.0 Å². The van der Waals surface area contributed by atoms with E-state index in [2.05, 4.69) is 15.5 Å². The van der Waals surface area contributed by atoms with E-state index in [4.69, 9.17) is 9.15 Å². The number of pyridine rings is 1. The topological polar surface area (TPSA) is 93.8 Å². The summed E-state index contributed by atoms with van der Waals surface area (Å²) in [5, 5.41) is 4.62. The fraction of sp³-hybridized carbons (Fsp3) is 0.111. The first-order valence-corrected chi connectivity index (χ1v) is 7.52. The van der Waals surface area contributed by atoms with Crippen molar-refractivity contribution in [3.05, 3.63) is 70.3 Å². The van der Waals surface area contributed by atoms with Crippen molar-refractivity contribution in [2.45, 2.75) is 6.92 Å². The van der Waals surface area contributed by atoms with Crippen molar-refractivity contribution in [1.82, 2.24) is 10.4 Å². The molecule has 1 amide bonds. The van der Waals surface area contributed by atoms with Gasteiger partial charge in [-0.3, -0.25) is 9.78 Å². The molecule has 0 saturated heterocycles. The Bertz CT molecular complexity index is 981. The third-order valence-electron chi connectivity index (χ3n) is 3.37. The summed E-state index contributed by atoms with van der Waals surface area (Å²) in [5.41, 5.74) is 3.78. The Morgan fingerprint density at radius 1 is 1.32 bits per heavy atom. The van der Waals surface area contributed by atoms with Crippen LogP contribution in [0.2, 0.25) is 0 Å². The lowest BCUT2D eigenvalue weighted by molar-refractivity contribution is -0.123. The molecule has 7 nitrogen and oxygen atoms in total. The van der Waals surface area contributed by atoms with Crippen molar-refractivity contribution >= 4 is 23.1 Å². The third kappa shape index (κ3) is 4.29. The lowest BCUT2D eigenvalue weighted by Crippen LogP contribution is -2.24. The number of aromatic nitrogens is 1. The van der Waals surface area contributed by atoms with E-state index < -0.39 is 11.5 Å². The Balaban J connectivity index is 1.59. The Morgan fingerprint density at radius 2 is 2.20 bits per heavy atom. The summed E-state index contributed by atoms with van der Waals surface area (Å²) >= 11 is 0. The van der Waals surface area contributed by atoms with Crippen LogP contribution in [-0.4, -0.2) is 23.7 Å². The minimum Gasteiger partial charge on any atom is -0.484 e. The zero-order valence-corrected chi connectivity index (χ0v) is 13.4. The lowest BCUT2D eigenvalue weighted by atomic mass is 10.1. The van der Waals surface area contributed by atoms with Gasteiger partial charge in [-0.15, -0.1) is 0 Å². The number of aryl methyl sites for hydroxylation is 1. The average molecular weight is 337 g/mol. The summed E-state index contributed by atoms with van der Waals surface area (Å²) in [4.78, 5) is 27.2. The van der Waals surface area contributed by atoms with Crippen LogP contribution in [0.4, 0.5) is 0 Å². The van der Waals surface area contributed by atoms with Gasteiger partial charge in [-0.05, 0) is 36.8 Å². The second-order valence-corrected chi connectivity index (χ2v) is 5.24. The molecule has 0 atom stereocenters. The molecule has 7 heteroatoms. The standard InChI is InChI=1S/C18H15N3O4/c1-12-8-18(23)25-16-9-14(5-6-15(12)16)24-11-17(22)21-20-10-13-4-2-3-7-19-13/h2-10H,11H2,1H3,(H,21,22)/b20-10-. The molecule has 0 unspecified atom stereocenters. The molecule has 0 fully saturated rings. The highest BCUT2D eigenvalue weighted by Gasteiger charge is 2.06. The van der Waals surface area contributed by atoms with Crippen LogP contribution >= 0.6 is 0 Å². The summed E-state index contributed by atoms with van der Waals surface area (Å²) in [5.74, 6) is 0.00285. The largest absolute Gasteiger partial charge is 0.484 e. The molecule has 3 rings (SSSR count). The average Bonchev–Trinajstić information content (AvgIpc) is 2.60. The van der Waals surface area contributed by atoms with Crippen molar-refractivity contribution < 1.29 is 13.9 Å². The maximum Gasteiger partial charge on any atom is 0.336 e. The molecule has 126 valence electrons. The number of carbonyl (C=O) groups excluding carboxylic acids is 1. The number of rotatable bonds is 5. The number of hydrazone groups is 1. The molecule has 1 aromatic carbocycles. The summed E-state index contributed by atoms with van der Waals surface area (Å²) in [7, 11) is 0. The molecule has 3 aromatic rings. The van der Waals surface area contributed by atoms with E-state index in [0.717, 1.165) is 10.9 Å². The Hall–Kier alpha value is -3.48. The third-order valence-corrected chi connectivity index (χ3v) is 3.37. The zero-order valence-electron chi connectivity index (χ0n) is 13.4. The van der Waals surface area contributed by atoms with Crippen molar-refractivity contribution in [2.75, 3.05) is 6.61 Å². The summed E-state index contributed by atoms with van der Waals surface area (Å²) < 4.78 is 10.5. The van der Waals surface area contributed by atoms with Gasteiger partial charge in [0, 0.05) is 23.7 Å². The Kier molecular flexibility index (Phi) is 4.84. The molecule has 2 heterocycles. The predicted molar refractivity (Wildman–Crippen MR) is 92.7 cm³/mol. The number of amides is 1. The van der Waals surface area contributed by atoms with Crippen molar-refractivity contribution in [3.63, 3.8) is 0 Å². The maximum absolute atomic E-state index is 11.7. The first kappa shape index (κ1) is 16.4. The monoisotopic (exact) mass is 337 g/mol. The van der Waals surface area contributed by atoms with Crippen LogP contribution in [0.1, 0.15) is 11.3 Å². The Morgan fingerprint density at radius 3 is 3.00 bits per heavy atom. The first-order valence-electron chi connectivity index (χ1n) is 7.52. The Labute approximate surface area is 143 Å². The molecule has 0 spiro atoms. The molecule has 0 saturated carbocycles. The summed E-state index contributed by atoms with van der Waals surface area (Å²) in [6.45, 7) is 1.61. The van der Waals surface area contributed by atoms with Gasteiger partial charge < -0.3 is 9.15 Å². The van der Waals surface area contributed by atoms with E-state index >= 15 is 0 Å². The second kappa shape index (κ2) is 7.39. The minimum atomic E-state index is -0.427. The van der Waals surface area contributed by atoms with Gasteiger partial charge in [0.05, 0.1) is 11.9 Å². The van der Waals surface area contributed by atoms with E-state index in [1.54, 1.807) is 36.5 Å². The molecular formula is C18H15N3O4. The molecule has 0 aliphatic carbocycles. The number of nitrogens with zero attached hydrogens (tertiary/aromatic N) is 2. The molecule has 0 radical (unpaired) electrons. The molecule has 25 heavy (non-hydrogen) atoms. The quantitative estimate of drug-likeness (QED) is 0.437. The molecule has 0 aliphatic rings. The van der Waals surface area contributed by atoms with E-state index in [9.17, 15) is 9.59 Å². The van der Waals surface area contributed by atoms with Gasteiger partial charge in [-0.25, -0.2) is 10.2 Å². The molecule has 1 N–H and O–H groups in total. The van der Waals surface area contributed by atoms with Gasteiger partial charge in [-0.2, -0.15) is 5.10 Å². The second-order valence-electron chi connectivity index (χ2n) is 5.24. The molecule has 2 aromatic heterocycles. The van der Waals surface area contributed by atoms with Crippen molar-refractivity contribution in [3.8, 4) is 5.75 Å². The van der Waals surface area contributed by atoms with Gasteiger partial charge in [0.2, 0.25) is 0 Å². The summed E-state index contributed by atoms with van der Waals surface area (Å²) in [6, 6.07) is 11.9.